The molecule has 0 aliphatic rings. The van der Waals surface area contributed by atoms with Crippen molar-refractivity contribution in [2.45, 2.75) is 70.2 Å². The number of thioether (sulfide) groups is 1. The molecule has 0 aliphatic heterocycles. The summed E-state index contributed by atoms with van der Waals surface area (Å²) in [5.41, 5.74) is 4.03. The van der Waals surface area contributed by atoms with E-state index in [0.29, 0.717) is 12.1 Å². The number of unbranched alkanes of at least 4 members (excludes halogenated alkanes) is 3. The van der Waals surface area contributed by atoms with Crippen LogP contribution in [0, 0.1) is 0 Å². The van der Waals surface area contributed by atoms with E-state index in [2.05, 4.69) is 142 Å². The van der Waals surface area contributed by atoms with Crippen LogP contribution in [0.2, 0.25) is 0 Å². The third-order valence-corrected chi connectivity index (χ3v) is 10.3. The van der Waals surface area contributed by atoms with E-state index in [1.54, 1.807) is 0 Å². The molecule has 36 heavy (non-hydrogen) atoms. The van der Waals surface area contributed by atoms with E-state index < -0.39 is 8.30 Å². The first-order valence-corrected chi connectivity index (χ1v) is 16.1. The smallest absolute Gasteiger partial charge is 0.101 e. The van der Waals surface area contributed by atoms with Crippen LogP contribution in [-0.4, -0.2) is 35.8 Å². The topological polar surface area (TPSA) is 12.5 Å². The van der Waals surface area contributed by atoms with E-state index in [1.807, 2.05) is 0 Å². The Hall–Kier alpha value is -1.64. The molecule has 0 aromatic heterocycles. The van der Waals surface area contributed by atoms with Crippen LogP contribution in [0.25, 0.3) is 0 Å². The Balaban J connectivity index is 1.60. The van der Waals surface area contributed by atoms with Gasteiger partial charge < -0.3 is 4.52 Å². The summed E-state index contributed by atoms with van der Waals surface area (Å²) in [6.45, 7) is 12.2. The van der Waals surface area contributed by atoms with Gasteiger partial charge >= 0.3 is 0 Å². The molecule has 2 nitrogen and oxygen atoms in total. The molecule has 3 aromatic carbocycles. The van der Waals surface area contributed by atoms with Gasteiger partial charge in [0.2, 0.25) is 0 Å². The Labute approximate surface area is 225 Å². The minimum atomic E-state index is -0.514. The van der Waals surface area contributed by atoms with Crippen LogP contribution in [0.3, 0.4) is 0 Å². The summed E-state index contributed by atoms with van der Waals surface area (Å²) in [6.07, 6.45) is 4.82. The van der Waals surface area contributed by atoms with Gasteiger partial charge in [0.05, 0.1) is 11.4 Å². The van der Waals surface area contributed by atoms with Crippen LogP contribution in [-0.2, 0) is 9.27 Å². The van der Waals surface area contributed by atoms with E-state index in [0.717, 1.165) is 18.8 Å². The highest BCUT2D eigenvalue weighted by Gasteiger charge is 2.36. The SMILES string of the molecule is CC(C)N(C(C)C)P(C)OCCCCCCSC(c1ccccc1)(c1ccccc1)c1ccccc1. The lowest BCUT2D eigenvalue weighted by molar-refractivity contribution is 0.252. The Morgan fingerprint density at radius 3 is 1.50 bits per heavy atom. The Bertz CT molecular complexity index is 876. The van der Waals surface area contributed by atoms with Gasteiger partial charge in [-0.2, -0.15) is 0 Å². The molecule has 1 unspecified atom stereocenters. The largest absolute Gasteiger partial charge is 0.344 e. The monoisotopic (exact) mass is 521 g/mol. The summed E-state index contributed by atoms with van der Waals surface area (Å²) in [6, 6.07) is 34.1. The van der Waals surface area contributed by atoms with E-state index in [9.17, 15) is 0 Å². The molecule has 194 valence electrons. The number of nitrogens with zero attached hydrogens (tertiary/aromatic N) is 1. The number of benzene rings is 3. The molecule has 0 amide bonds. The first kappa shape index (κ1) is 28.9. The molecule has 4 heteroatoms. The molecule has 0 saturated heterocycles. The molecule has 0 fully saturated rings. The van der Waals surface area contributed by atoms with E-state index in [4.69, 9.17) is 4.52 Å². The molecule has 3 aromatic rings. The van der Waals surface area contributed by atoms with Gasteiger partial charge in [0, 0.05) is 12.1 Å². The van der Waals surface area contributed by atoms with Crippen LogP contribution >= 0.6 is 20.1 Å². The molecule has 0 spiro atoms. The first-order valence-electron chi connectivity index (χ1n) is 13.4. The minimum absolute atomic E-state index is 0.206. The zero-order valence-electron chi connectivity index (χ0n) is 22.8. The average molecular weight is 522 g/mol. The summed E-state index contributed by atoms with van der Waals surface area (Å²) >= 11 is 2.07. The van der Waals surface area contributed by atoms with Gasteiger partial charge in [-0.1, -0.05) is 104 Å². The van der Waals surface area contributed by atoms with Crippen molar-refractivity contribution in [1.29, 1.82) is 0 Å². The molecule has 1 atom stereocenters. The fourth-order valence-corrected chi connectivity index (χ4v) is 8.45. The highest BCUT2D eigenvalue weighted by Crippen LogP contribution is 2.48. The van der Waals surface area contributed by atoms with Crippen LogP contribution < -0.4 is 0 Å². The van der Waals surface area contributed by atoms with Gasteiger partial charge in [0.15, 0.2) is 0 Å². The molecule has 0 N–H and O–H groups in total. The summed E-state index contributed by atoms with van der Waals surface area (Å²) < 4.78 is 8.54. The van der Waals surface area contributed by atoms with Gasteiger partial charge in [-0.3, -0.25) is 4.67 Å². The summed E-state index contributed by atoms with van der Waals surface area (Å²) in [7, 11) is -0.514. The predicted octanol–water partition coefficient (Wildman–Crippen LogP) is 9.35. The Morgan fingerprint density at radius 1 is 0.667 bits per heavy atom. The second-order valence-corrected chi connectivity index (χ2v) is 12.9. The third-order valence-electron chi connectivity index (χ3n) is 6.56. The van der Waals surface area contributed by atoms with Crippen molar-refractivity contribution >= 4 is 20.1 Å². The highest BCUT2D eigenvalue weighted by molar-refractivity contribution is 8.00. The average Bonchev–Trinajstić information content (AvgIpc) is 2.89. The first-order chi connectivity index (χ1) is 17.5. The lowest BCUT2D eigenvalue weighted by Gasteiger charge is -2.35. The van der Waals surface area contributed by atoms with Crippen molar-refractivity contribution in [3.63, 3.8) is 0 Å². The molecule has 0 bridgehead atoms. The van der Waals surface area contributed by atoms with Gasteiger partial charge in [-0.15, -0.1) is 11.8 Å². The second kappa shape index (κ2) is 14.9. The zero-order valence-corrected chi connectivity index (χ0v) is 24.5. The molecule has 0 heterocycles. The normalized spacial score (nSPS) is 13.0. The van der Waals surface area contributed by atoms with Crippen LogP contribution in [0.15, 0.2) is 91.0 Å². The van der Waals surface area contributed by atoms with Crippen LogP contribution in [0.4, 0.5) is 0 Å². The zero-order chi connectivity index (χ0) is 25.8. The van der Waals surface area contributed by atoms with Crippen molar-refractivity contribution in [2.24, 2.45) is 0 Å². The fraction of sp³-hybridized carbons (Fsp3) is 0.438. The summed E-state index contributed by atoms with van der Waals surface area (Å²) in [5, 5.41) is 0. The molecule has 0 saturated carbocycles. The maximum absolute atomic E-state index is 6.25. The lowest BCUT2D eigenvalue weighted by atomic mass is 9.84. The molecular formula is C32H44NOPS. The maximum atomic E-state index is 6.25. The predicted molar refractivity (Wildman–Crippen MR) is 161 cm³/mol. The van der Waals surface area contributed by atoms with Gasteiger partial charge in [-0.25, -0.2) is 0 Å². The number of rotatable bonds is 15. The van der Waals surface area contributed by atoms with Crippen molar-refractivity contribution in [2.75, 3.05) is 19.0 Å². The van der Waals surface area contributed by atoms with Crippen molar-refractivity contribution in [3.8, 4) is 0 Å². The second-order valence-electron chi connectivity index (χ2n) is 9.91. The molecule has 0 aliphatic carbocycles. The van der Waals surface area contributed by atoms with Crippen LogP contribution in [0.5, 0.6) is 0 Å². The fourth-order valence-electron chi connectivity index (χ4n) is 5.06. The van der Waals surface area contributed by atoms with Crippen LogP contribution in [0.1, 0.15) is 70.1 Å². The summed E-state index contributed by atoms with van der Waals surface area (Å²) in [4.78, 5) is 0. The van der Waals surface area contributed by atoms with E-state index >= 15 is 0 Å². The van der Waals surface area contributed by atoms with Gasteiger partial charge in [0.25, 0.3) is 0 Å². The van der Waals surface area contributed by atoms with Crippen molar-refractivity contribution < 1.29 is 4.52 Å². The van der Waals surface area contributed by atoms with Crippen molar-refractivity contribution in [3.05, 3.63) is 108 Å². The van der Waals surface area contributed by atoms with E-state index in [1.165, 1.54) is 36.0 Å². The summed E-state index contributed by atoms with van der Waals surface area (Å²) in [5.74, 6) is 1.12. The Morgan fingerprint density at radius 2 is 1.08 bits per heavy atom. The number of hydrogen-bond donors (Lipinski definition) is 0. The minimum Gasteiger partial charge on any atom is -0.344 e. The Kier molecular flexibility index (Phi) is 12.0. The highest BCUT2D eigenvalue weighted by atomic mass is 32.2. The van der Waals surface area contributed by atoms with Crippen molar-refractivity contribution in [1.82, 2.24) is 4.67 Å². The molecule has 0 radical (unpaired) electrons. The third kappa shape index (κ3) is 7.68. The van der Waals surface area contributed by atoms with Gasteiger partial charge in [-0.05, 0) is 69.6 Å². The standard InChI is InChI=1S/C32H44NOPS/c1-27(2)33(28(3)4)35(5)34-25-17-6-7-18-26-36-32(29-19-11-8-12-20-29,30-21-13-9-14-22-30)31-23-15-10-16-24-31/h8-16,19-24,27-28H,6-7,17-18,25-26H2,1-5H3. The number of hydrogen-bond acceptors (Lipinski definition) is 3. The molecule has 3 rings (SSSR count). The van der Waals surface area contributed by atoms with Gasteiger partial charge in [0.1, 0.15) is 8.30 Å². The molecular weight excluding hydrogens is 477 g/mol. The maximum Gasteiger partial charge on any atom is 0.101 e. The van der Waals surface area contributed by atoms with E-state index in [-0.39, 0.29) is 4.75 Å². The lowest BCUT2D eigenvalue weighted by Crippen LogP contribution is -2.32. The quantitative estimate of drug-likeness (QED) is 0.112.